The maximum Gasteiger partial charge on any atom is 0.233 e. The summed E-state index contributed by atoms with van der Waals surface area (Å²) in [7, 11) is 1.68. The second-order valence-corrected chi connectivity index (χ2v) is 9.41. The Bertz CT molecular complexity index is 845. The number of amides is 1. The van der Waals surface area contributed by atoms with E-state index < -0.39 is 0 Å². The molecule has 1 amide bonds. The van der Waals surface area contributed by atoms with E-state index in [1.807, 2.05) is 29.2 Å². The number of carbonyl (C=O) groups is 1. The molecule has 30 heavy (non-hydrogen) atoms. The maximum absolute atomic E-state index is 12.7. The normalized spacial score (nSPS) is 22.1. The molecule has 0 bridgehead atoms. The number of ether oxygens (including phenoxy) is 1. The van der Waals surface area contributed by atoms with Crippen molar-refractivity contribution in [1.82, 2.24) is 19.7 Å². The van der Waals surface area contributed by atoms with Crippen molar-refractivity contribution in [2.24, 2.45) is 5.92 Å². The lowest BCUT2D eigenvalue weighted by Crippen LogP contribution is -2.36. The zero-order chi connectivity index (χ0) is 20.9. The van der Waals surface area contributed by atoms with E-state index in [9.17, 15) is 4.79 Å². The number of hydrogen-bond donors (Lipinski definition) is 0. The Morgan fingerprint density at radius 2 is 1.80 bits per heavy atom. The largest absolute Gasteiger partial charge is 0.497 e. The summed E-state index contributed by atoms with van der Waals surface area (Å²) in [5.74, 6) is 2.95. The first-order chi connectivity index (χ1) is 14.7. The number of methoxy groups -OCH3 is 1. The van der Waals surface area contributed by atoms with E-state index in [4.69, 9.17) is 4.74 Å². The highest BCUT2D eigenvalue weighted by Gasteiger charge is 2.29. The first-order valence-corrected chi connectivity index (χ1v) is 12.2. The molecule has 2 heterocycles. The summed E-state index contributed by atoms with van der Waals surface area (Å²) >= 11 is 1.54. The van der Waals surface area contributed by atoms with Crippen LogP contribution >= 0.6 is 11.8 Å². The van der Waals surface area contributed by atoms with Crippen LogP contribution in [0, 0.1) is 5.92 Å². The number of nitrogens with zero attached hydrogens (tertiary/aromatic N) is 4. The number of likely N-dealkylation sites (tertiary alicyclic amines) is 1. The summed E-state index contributed by atoms with van der Waals surface area (Å²) in [6.45, 7) is 4.11. The van der Waals surface area contributed by atoms with Crippen LogP contribution in [0.3, 0.4) is 0 Å². The number of aromatic nitrogens is 3. The molecule has 7 heteroatoms. The van der Waals surface area contributed by atoms with Gasteiger partial charge in [0.2, 0.25) is 5.91 Å². The molecule has 2 aliphatic rings. The zero-order valence-electron chi connectivity index (χ0n) is 18.0. The lowest BCUT2D eigenvalue weighted by molar-refractivity contribution is -0.129. The molecule has 1 aliphatic carbocycles. The summed E-state index contributed by atoms with van der Waals surface area (Å²) in [5.41, 5.74) is 1.04. The first kappa shape index (κ1) is 21.2. The topological polar surface area (TPSA) is 60.3 Å². The van der Waals surface area contributed by atoms with Gasteiger partial charge in [-0.1, -0.05) is 31.5 Å². The molecule has 2 fully saturated rings. The summed E-state index contributed by atoms with van der Waals surface area (Å²) in [6.07, 6.45) is 8.34. The summed E-state index contributed by atoms with van der Waals surface area (Å²) in [4.78, 5) is 14.7. The third-order valence-corrected chi connectivity index (χ3v) is 7.37. The van der Waals surface area contributed by atoms with Crippen molar-refractivity contribution in [2.45, 2.75) is 63.1 Å². The van der Waals surface area contributed by atoms with Crippen LogP contribution in [-0.2, 0) is 4.79 Å². The van der Waals surface area contributed by atoms with Gasteiger partial charge in [-0.25, -0.2) is 0 Å². The molecule has 1 aromatic carbocycles. The minimum absolute atomic E-state index is 0.219. The highest BCUT2D eigenvalue weighted by molar-refractivity contribution is 7.99. The van der Waals surface area contributed by atoms with Gasteiger partial charge in [-0.3, -0.25) is 9.36 Å². The molecule has 6 nitrogen and oxygen atoms in total. The van der Waals surface area contributed by atoms with Gasteiger partial charge < -0.3 is 9.64 Å². The average molecular weight is 429 g/mol. The molecule has 2 atom stereocenters. The van der Waals surface area contributed by atoms with Crippen LogP contribution in [0.4, 0.5) is 0 Å². The average Bonchev–Trinajstić information content (AvgIpc) is 3.22. The van der Waals surface area contributed by atoms with Crippen molar-refractivity contribution in [1.29, 1.82) is 0 Å². The Morgan fingerprint density at radius 3 is 2.50 bits per heavy atom. The zero-order valence-corrected chi connectivity index (χ0v) is 18.9. The van der Waals surface area contributed by atoms with E-state index in [1.165, 1.54) is 25.7 Å². The predicted molar refractivity (Wildman–Crippen MR) is 120 cm³/mol. The van der Waals surface area contributed by atoms with E-state index in [-0.39, 0.29) is 5.91 Å². The van der Waals surface area contributed by atoms with Gasteiger partial charge in [0.05, 0.1) is 12.9 Å². The number of piperidine rings is 1. The van der Waals surface area contributed by atoms with Gasteiger partial charge in [0, 0.05) is 24.7 Å². The van der Waals surface area contributed by atoms with Crippen LogP contribution in [0.2, 0.25) is 0 Å². The highest BCUT2D eigenvalue weighted by atomic mass is 32.2. The fourth-order valence-corrected chi connectivity index (χ4v) is 5.55. The Hall–Kier alpha value is -2.02. The molecule has 0 N–H and O–H groups in total. The molecule has 1 saturated heterocycles. The second-order valence-electron chi connectivity index (χ2n) is 8.46. The van der Waals surface area contributed by atoms with Crippen molar-refractivity contribution in [3.05, 3.63) is 24.3 Å². The molecule has 2 aromatic rings. The summed E-state index contributed by atoms with van der Waals surface area (Å²) in [6, 6.07) is 8.38. The van der Waals surface area contributed by atoms with Crippen LogP contribution in [0.15, 0.2) is 29.4 Å². The van der Waals surface area contributed by atoms with Crippen LogP contribution in [0.25, 0.3) is 11.4 Å². The molecule has 1 saturated carbocycles. The van der Waals surface area contributed by atoms with Gasteiger partial charge >= 0.3 is 0 Å². The Morgan fingerprint density at radius 1 is 1.07 bits per heavy atom. The third kappa shape index (κ3) is 4.66. The Balaban J connectivity index is 1.59. The third-order valence-electron chi connectivity index (χ3n) is 6.44. The van der Waals surface area contributed by atoms with E-state index in [2.05, 4.69) is 21.7 Å². The monoisotopic (exact) mass is 428 g/mol. The minimum Gasteiger partial charge on any atom is -0.497 e. The van der Waals surface area contributed by atoms with E-state index in [0.717, 1.165) is 54.6 Å². The molecule has 0 unspecified atom stereocenters. The van der Waals surface area contributed by atoms with Crippen molar-refractivity contribution in [3.8, 4) is 17.1 Å². The number of benzene rings is 1. The molecule has 162 valence electrons. The number of hydrogen-bond acceptors (Lipinski definition) is 5. The van der Waals surface area contributed by atoms with Crippen LogP contribution in [-0.4, -0.2) is 51.5 Å². The van der Waals surface area contributed by atoms with Gasteiger partial charge in [0.25, 0.3) is 0 Å². The van der Waals surface area contributed by atoms with Crippen molar-refractivity contribution < 1.29 is 9.53 Å². The number of rotatable bonds is 6. The van der Waals surface area contributed by atoms with Crippen LogP contribution in [0.5, 0.6) is 5.75 Å². The predicted octanol–water partition coefficient (Wildman–Crippen LogP) is 4.81. The fourth-order valence-electron chi connectivity index (χ4n) is 4.65. The van der Waals surface area contributed by atoms with Crippen LogP contribution < -0.4 is 4.74 Å². The van der Waals surface area contributed by atoms with Crippen molar-refractivity contribution >= 4 is 17.7 Å². The summed E-state index contributed by atoms with van der Waals surface area (Å²) < 4.78 is 7.61. The highest BCUT2D eigenvalue weighted by Crippen LogP contribution is 2.39. The fraction of sp³-hybridized carbons (Fsp3) is 0.609. The lowest BCUT2D eigenvalue weighted by atomic mass is 9.85. The summed E-state index contributed by atoms with van der Waals surface area (Å²) in [5, 5.41) is 9.97. The van der Waals surface area contributed by atoms with Crippen molar-refractivity contribution in [3.63, 3.8) is 0 Å². The van der Waals surface area contributed by atoms with E-state index >= 15 is 0 Å². The molecular formula is C23H32N4O2S. The van der Waals surface area contributed by atoms with Gasteiger partial charge in [-0.15, -0.1) is 10.2 Å². The molecule has 0 spiro atoms. The quantitative estimate of drug-likeness (QED) is 0.618. The standard InChI is InChI=1S/C23H32N4O2S/c1-17-8-4-5-9-20(17)27-22(18-10-12-19(29-2)13-11-18)24-25-23(27)30-16-21(28)26-14-6-3-7-15-26/h10-13,17,20H,3-9,14-16H2,1-2H3/t17-,20+/m0/s1. The minimum atomic E-state index is 0.219. The van der Waals surface area contributed by atoms with E-state index in [0.29, 0.717) is 17.7 Å². The smallest absolute Gasteiger partial charge is 0.233 e. The van der Waals surface area contributed by atoms with E-state index in [1.54, 1.807) is 18.9 Å². The van der Waals surface area contributed by atoms with Gasteiger partial charge in [0.1, 0.15) is 5.75 Å². The maximum atomic E-state index is 12.7. The molecule has 0 radical (unpaired) electrons. The number of carbonyl (C=O) groups excluding carboxylic acids is 1. The van der Waals surface area contributed by atoms with Gasteiger partial charge in [-0.05, 0) is 62.3 Å². The SMILES string of the molecule is COc1ccc(-c2nnc(SCC(=O)N3CCCCC3)n2[C@@H]2CCCC[C@@H]2C)cc1. The number of thioether (sulfide) groups is 1. The lowest BCUT2D eigenvalue weighted by Gasteiger charge is -2.31. The second kappa shape index (κ2) is 9.86. The molecular weight excluding hydrogens is 396 g/mol. The Labute approximate surface area is 183 Å². The molecule has 1 aromatic heterocycles. The van der Waals surface area contributed by atoms with Crippen LogP contribution in [0.1, 0.15) is 57.9 Å². The van der Waals surface area contributed by atoms with Crippen molar-refractivity contribution in [2.75, 3.05) is 26.0 Å². The molecule has 1 aliphatic heterocycles. The first-order valence-electron chi connectivity index (χ1n) is 11.2. The van der Waals surface area contributed by atoms with Gasteiger partial charge in [-0.2, -0.15) is 0 Å². The molecule has 4 rings (SSSR count). The Kier molecular flexibility index (Phi) is 6.97. The van der Waals surface area contributed by atoms with Gasteiger partial charge in [0.15, 0.2) is 11.0 Å².